The first-order valence-electron chi connectivity index (χ1n) is 9.70. The van der Waals surface area contributed by atoms with E-state index in [1.165, 1.54) is 33.3 Å². The molecule has 7 heteroatoms. The normalized spacial score (nSPS) is 17.4. The first-order chi connectivity index (χ1) is 13.2. The van der Waals surface area contributed by atoms with Gasteiger partial charge in [0.15, 0.2) is 11.0 Å². The van der Waals surface area contributed by atoms with Crippen molar-refractivity contribution in [3.63, 3.8) is 0 Å². The van der Waals surface area contributed by atoms with Gasteiger partial charge in [-0.1, -0.05) is 25.6 Å². The maximum atomic E-state index is 5.55. The molecule has 1 saturated heterocycles. The van der Waals surface area contributed by atoms with Crippen molar-refractivity contribution in [3.8, 4) is 0 Å². The van der Waals surface area contributed by atoms with E-state index in [4.69, 9.17) is 19.7 Å². The fourth-order valence-electron chi connectivity index (χ4n) is 4.32. The number of hydrogen-bond donors (Lipinski definition) is 0. The molecule has 3 aromatic rings. The third-order valence-corrected chi connectivity index (χ3v) is 7.18. The van der Waals surface area contributed by atoms with Crippen LogP contribution < -0.4 is 4.90 Å². The lowest BCUT2D eigenvalue weighted by atomic mass is 9.99. The first-order valence-corrected chi connectivity index (χ1v) is 11.7. The predicted molar refractivity (Wildman–Crippen MR) is 114 cm³/mol. The Kier molecular flexibility index (Phi) is 4.49. The number of pyridine rings is 1. The molecule has 0 unspecified atom stereocenters. The van der Waals surface area contributed by atoms with Crippen LogP contribution in [-0.2, 0) is 17.6 Å². The number of aromatic nitrogens is 3. The summed E-state index contributed by atoms with van der Waals surface area (Å²) in [5.74, 6) is 1.52. The molecule has 3 aromatic heterocycles. The molecule has 27 heavy (non-hydrogen) atoms. The summed E-state index contributed by atoms with van der Waals surface area (Å²) in [6, 6.07) is 0. The maximum Gasteiger partial charge on any atom is 0.189 e. The summed E-state index contributed by atoms with van der Waals surface area (Å²) in [4.78, 5) is 18.5. The largest absolute Gasteiger partial charge is 0.378 e. The van der Waals surface area contributed by atoms with Gasteiger partial charge >= 0.3 is 0 Å². The molecule has 142 valence electrons. The van der Waals surface area contributed by atoms with Gasteiger partial charge in [0, 0.05) is 24.2 Å². The first kappa shape index (κ1) is 17.6. The van der Waals surface area contributed by atoms with Crippen LogP contribution in [0.3, 0.4) is 0 Å². The van der Waals surface area contributed by atoms with Crippen molar-refractivity contribution in [2.24, 2.45) is 0 Å². The molecule has 0 atom stereocenters. The number of aryl methyl sites for hydroxylation is 1. The second kappa shape index (κ2) is 6.87. The molecule has 0 spiro atoms. The molecule has 0 saturated carbocycles. The Morgan fingerprint density at radius 1 is 1.07 bits per heavy atom. The average molecular weight is 401 g/mol. The summed E-state index contributed by atoms with van der Waals surface area (Å²) in [5.41, 5.74) is 5.37. The lowest BCUT2D eigenvalue weighted by molar-refractivity contribution is 0.122. The second-order valence-corrected chi connectivity index (χ2v) is 9.33. The van der Waals surface area contributed by atoms with E-state index in [2.05, 4.69) is 25.0 Å². The van der Waals surface area contributed by atoms with E-state index in [-0.39, 0.29) is 0 Å². The Morgan fingerprint density at radius 2 is 1.85 bits per heavy atom. The van der Waals surface area contributed by atoms with Crippen molar-refractivity contribution < 1.29 is 4.74 Å². The van der Waals surface area contributed by atoms with E-state index >= 15 is 0 Å². The molecular weight excluding hydrogens is 376 g/mol. The van der Waals surface area contributed by atoms with Gasteiger partial charge in [0.2, 0.25) is 0 Å². The number of hydrogen-bond acceptors (Lipinski definition) is 7. The van der Waals surface area contributed by atoms with Gasteiger partial charge in [0.1, 0.15) is 4.83 Å². The molecule has 2 aliphatic rings. The Labute approximate surface area is 167 Å². The summed E-state index contributed by atoms with van der Waals surface area (Å²) < 4.78 is 6.74. The van der Waals surface area contributed by atoms with E-state index in [0.717, 1.165) is 60.5 Å². The minimum Gasteiger partial charge on any atom is -0.378 e. The topological polar surface area (TPSA) is 51.1 Å². The van der Waals surface area contributed by atoms with Gasteiger partial charge in [0.25, 0.3) is 0 Å². The summed E-state index contributed by atoms with van der Waals surface area (Å²) in [5, 5.41) is 2.14. The molecular formula is C20H24N4OS2. The lowest BCUT2D eigenvalue weighted by Crippen LogP contribution is -2.36. The number of anilines is 1. The van der Waals surface area contributed by atoms with E-state index in [9.17, 15) is 0 Å². The lowest BCUT2D eigenvalue weighted by Gasteiger charge is -2.28. The highest BCUT2D eigenvalue weighted by Crippen LogP contribution is 2.43. The van der Waals surface area contributed by atoms with E-state index in [1.54, 1.807) is 23.1 Å². The van der Waals surface area contributed by atoms with Crippen LogP contribution in [0.5, 0.6) is 0 Å². The Balaban J connectivity index is 1.82. The Morgan fingerprint density at radius 3 is 2.59 bits per heavy atom. The van der Waals surface area contributed by atoms with Gasteiger partial charge in [-0.25, -0.2) is 15.0 Å². The molecule has 1 aliphatic carbocycles. The fourth-order valence-corrected chi connectivity index (χ4v) is 5.85. The summed E-state index contributed by atoms with van der Waals surface area (Å²) in [7, 11) is 0. The molecule has 0 N–H and O–H groups in total. The zero-order chi connectivity index (χ0) is 18.5. The van der Waals surface area contributed by atoms with Crippen molar-refractivity contribution in [1.29, 1.82) is 0 Å². The standard InChI is InChI=1S/C20H24N4OS2/c1-11(2)15-13-6-4-5-12(13)14-16-17(27-19(14)21-15)18(23-20(22-16)26-3)24-7-9-25-10-8-24/h11H,4-10H2,1-3H3. The number of thioether (sulfide) groups is 1. The minimum absolute atomic E-state index is 0.456. The maximum absolute atomic E-state index is 5.55. The zero-order valence-corrected chi connectivity index (χ0v) is 17.7. The van der Waals surface area contributed by atoms with Gasteiger partial charge in [-0.05, 0) is 42.6 Å². The molecule has 1 fully saturated rings. The van der Waals surface area contributed by atoms with Gasteiger partial charge in [0.05, 0.1) is 23.4 Å². The molecule has 0 bridgehead atoms. The number of thiophene rings is 1. The van der Waals surface area contributed by atoms with Crippen LogP contribution in [0.25, 0.3) is 20.4 Å². The van der Waals surface area contributed by atoms with Crippen LogP contribution in [-0.4, -0.2) is 47.5 Å². The van der Waals surface area contributed by atoms with Crippen LogP contribution in [0.1, 0.15) is 43.0 Å². The monoisotopic (exact) mass is 400 g/mol. The van der Waals surface area contributed by atoms with E-state index < -0.39 is 0 Å². The molecule has 0 aromatic carbocycles. The van der Waals surface area contributed by atoms with Crippen molar-refractivity contribution >= 4 is 49.3 Å². The third-order valence-electron chi connectivity index (χ3n) is 5.57. The van der Waals surface area contributed by atoms with Crippen LogP contribution in [0.4, 0.5) is 5.82 Å². The zero-order valence-electron chi connectivity index (χ0n) is 16.0. The Hall–Kier alpha value is -1.44. The highest BCUT2D eigenvalue weighted by molar-refractivity contribution is 7.98. The quantitative estimate of drug-likeness (QED) is 0.479. The highest BCUT2D eigenvalue weighted by atomic mass is 32.2. The van der Waals surface area contributed by atoms with Gasteiger partial charge in [-0.3, -0.25) is 0 Å². The Bertz CT molecular complexity index is 1020. The van der Waals surface area contributed by atoms with Crippen molar-refractivity contribution in [1.82, 2.24) is 15.0 Å². The summed E-state index contributed by atoms with van der Waals surface area (Å²) in [6.07, 6.45) is 5.58. The fraction of sp³-hybridized carbons (Fsp3) is 0.550. The molecule has 4 heterocycles. The number of morpholine rings is 1. The predicted octanol–water partition coefficient (Wildman–Crippen LogP) is 4.41. The summed E-state index contributed by atoms with van der Waals surface area (Å²) >= 11 is 3.39. The van der Waals surface area contributed by atoms with Gasteiger partial charge in [-0.15, -0.1) is 11.3 Å². The number of nitrogens with zero attached hydrogens (tertiary/aromatic N) is 4. The van der Waals surface area contributed by atoms with Crippen molar-refractivity contribution in [2.75, 3.05) is 37.5 Å². The van der Waals surface area contributed by atoms with Crippen LogP contribution in [0, 0.1) is 0 Å². The SMILES string of the molecule is CSc1nc(N2CCOCC2)c2sc3nc(C(C)C)c4c(c3c2n1)CCC4. The molecule has 0 amide bonds. The van der Waals surface area contributed by atoms with Crippen LogP contribution >= 0.6 is 23.1 Å². The van der Waals surface area contributed by atoms with Crippen LogP contribution in [0.15, 0.2) is 5.16 Å². The van der Waals surface area contributed by atoms with E-state index in [0.29, 0.717) is 5.92 Å². The second-order valence-electron chi connectivity index (χ2n) is 7.56. The molecule has 1 aliphatic heterocycles. The highest BCUT2D eigenvalue weighted by Gasteiger charge is 2.27. The van der Waals surface area contributed by atoms with Gasteiger partial charge < -0.3 is 9.64 Å². The number of fused-ring (bicyclic) bond motifs is 5. The minimum atomic E-state index is 0.456. The van der Waals surface area contributed by atoms with E-state index in [1.807, 2.05) is 0 Å². The average Bonchev–Trinajstić information content (AvgIpc) is 3.31. The molecule has 5 rings (SSSR count). The third kappa shape index (κ3) is 2.82. The van der Waals surface area contributed by atoms with Crippen molar-refractivity contribution in [2.45, 2.75) is 44.2 Å². The van der Waals surface area contributed by atoms with Gasteiger partial charge in [-0.2, -0.15) is 0 Å². The molecule has 0 radical (unpaired) electrons. The number of ether oxygens (including phenoxy) is 1. The van der Waals surface area contributed by atoms with Crippen molar-refractivity contribution in [3.05, 3.63) is 16.8 Å². The van der Waals surface area contributed by atoms with Crippen LogP contribution in [0.2, 0.25) is 0 Å². The number of rotatable bonds is 3. The molecule has 5 nitrogen and oxygen atoms in total. The summed E-state index contributed by atoms with van der Waals surface area (Å²) in [6.45, 7) is 7.80. The smallest absolute Gasteiger partial charge is 0.189 e.